The van der Waals surface area contributed by atoms with Crippen molar-refractivity contribution in [1.29, 1.82) is 0 Å². The Labute approximate surface area is 192 Å². The fourth-order valence-electron chi connectivity index (χ4n) is 3.78. The first-order chi connectivity index (χ1) is 16.1. The molecule has 0 amide bonds. The van der Waals surface area contributed by atoms with E-state index in [1.807, 2.05) is 61.5 Å². The van der Waals surface area contributed by atoms with Crippen molar-refractivity contribution in [2.45, 2.75) is 32.3 Å². The van der Waals surface area contributed by atoms with Gasteiger partial charge in [-0.2, -0.15) is 0 Å². The van der Waals surface area contributed by atoms with Gasteiger partial charge in [0.1, 0.15) is 17.8 Å². The third-order valence-electron chi connectivity index (χ3n) is 5.49. The average molecular weight is 447 g/mol. The summed E-state index contributed by atoms with van der Waals surface area (Å²) < 4.78 is 17.2. The van der Waals surface area contributed by atoms with Crippen molar-refractivity contribution in [3.63, 3.8) is 0 Å². The molecule has 0 spiro atoms. The molecule has 7 heteroatoms. The largest absolute Gasteiger partial charge is 0.497 e. The first-order valence-corrected chi connectivity index (χ1v) is 10.9. The Kier molecular flexibility index (Phi) is 7.00. The summed E-state index contributed by atoms with van der Waals surface area (Å²) in [5.41, 5.74) is 4.27. The molecule has 2 aromatic heterocycles. The number of carboxylic acid groups (broad SMARTS) is 1. The molecule has 2 aromatic carbocycles. The zero-order valence-electron chi connectivity index (χ0n) is 18.7. The SMILES string of the molecule is COc1ccc(-c2c(-c3ccccc3)oc3ncnc(CC[C@H](C)OCCC(=O)O)c23)cc1. The minimum Gasteiger partial charge on any atom is -0.497 e. The van der Waals surface area contributed by atoms with Gasteiger partial charge in [0.15, 0.2) is 0 Å². The minimum absolute atomic E-state index is 0.00806. The van der Waals surface area contributed by atoms with Crippen molar-refractivity contribution in [1.82, 2.24) is 9.97 Å². The summed E-state index contributed by atoms with van der Waals surface area (Å²) >= 11 is 0. The van der Waals surface area contributed by atoms with Gasteiger partial charge >= 0.3 is 5.97 Å². The number of rotatable bonds is 10. The van der Waals surface area contributed by atoms with Gasteiger partial charge in [0.05, 0.1) is 37.3 Å². The molecule has 0 bridgehead atoms. The highest BCUT2D eigenvalue weighted by molar-refractivity contribution is 6.01. The van der Waals surface area contributed by atoms with Gasteiger partial charge in [-0.05, 0) is 37.5 Å². The van der Waals surface area contributed by atoms with Crippen molar-refractivity contribution in [3.8, 4) is 28.2 Å². The Hall–Kier alpha value is -3.71. The molecule has 2 heterocycles. The highest BCUT2D eigenvalue weighted by Gasteiger charge is 2.22. The lowest BCUT2D eigenvalue weighted by molar-refractivity contribution is -0.138. The molecule has 0 saturated carbocycles. The highest BCUT2D eigenvalue weighted by atomic mass is 16.5. The first kappa shape index (κ1) is 22.5. The molecule has 0 aliphatic heterocycles. The van der Waals surface area contributed by atoms with E-state index in [-0.39, 0.29) is 19.1 Å². The maximum absolute atomic E-state index is 10.7. The summed E-state index contributed by atoms with van der Waals surface area (Å²) in [6.07, 6.45) is 2.75. The third kappa shape index (κ3) is 5.21. The van der Waals surface area contributed by atoms with Crippen LogP contribution in [0.2, 0.25) is 0 Å². The molecule has 0 fully saturated rings. The number of aromatic nitrogens is 2. The van der Waals surface area contributed by atoms with Gasteiger partial charge in [-0.25, -0.2) is 9.97 Å². The van der Waals surface area contributed by atoms with E-state index in [4.69, 9.17) is 19.0 Å². The molecule has 4 aromatic rings. The van der Waals surface area contributed by atoms with Crippen LogP contribution in [0.15, 0.2) is 65.3 Å². The van der Waals surface area contributed by atoms with Crippen molar-refractivity contribution < 1.29 is 23.8 Å². The van der Waals surface area contributed by atoms with Gasteiger partial charge in [-0.1, -0.05) is 42.5 Å². The Bertz CT molecular complexity index is 1220. The summed E-state index contributed by atoms with van der Waals surface area (Å²) in [5, 5.41) is 9.68. The monoisotopic (exact) mass is 446 g/mol. The van der Waals surface area contributed by atoms with Crippen LogP contribution in [0.4, 0.5) is 0 Å². The second-order valence-corrected chi connectivity index (χ2v) is 7.77. The predicted octanol–water partition coefficient (Wildman–Crippen LogP) is 5.38. The first-order valence-electron chi connectivity index (χ1n) is 10.9. The van der Waals surface area contributed by atoms with Gasteiger partial charge in [0.2, 0.25) is 5.71 Å². The van der Waals surface area contributed by atoms with Gasteiger partial charge < -0.3 is 19.0 Å². The maximum Gasteiger partial charge on any atom is 0.305 e. The Morgan fingerprint density at radius 3 is 2.52 bits per heavy atom. The van der Waals surface area contributed by atoms with E-state index >= 15 is 0 Å². The van der Waals surface area contributed by atoms with E-state index in [2.05, 4.69) is 9.97 Å². The number of hydrogen-bond acceptors (Lipinski definition) is 6. The molecule has 0 radical (unpaired) electrons. The normalized spacial score (nSPS) is 12.1. The van der Waals surface area contributed by atoms with E-state index in [1.54, 1.807) is 7.11 Å². The molecule has 0 saturated heterocycles. The third-order valence-corrected chi connectivity index (χ3v) is 5.49. The lowest BCUT2D eigenvalue weighted by Crippen LogP contribution is -2.13. The number of benzene rings is 2. The van der Waals surface area contributed by atoms with Crippen LogP contribution in [0.25, 0.3) is 33.6 Å². The van der Waals surface area contributed by atoms with Crippen LogP contribution < -0.4 is 4.74 Å². The molecule has 1 N–H and O–H groups in total. The molecular weight excluding hydrogens is 420 g/mol. The van der Waals surface area contributed by atoms with Crippen LogP contribution in [-0.2, 0) is 16.0 Å². The Morgan fingerprint density at radius 2 is 1.82 bits per heavy atom. The van der Waals surface area contributed by atoms with Crippen molar-refractivity contribution in [2.24, 2.45) is 0 Å². The number of furan rings is 1. The quantitative estimate of drug-likeness (QED) is 0.349. The topological polar surface area (TPSA) is 94.7 Å². The van der Waals surface area contributed by atoms with Crippen molar-refractivity contribution in [3.05, 3.63) is 66.6 Å². The average Bonchev–Trinajstić information content (AvgIpc) is 3.23. The molecule has 0 unspecified atom stereocenters. The fraction of sp³-hybridized carbons (Fsp3) is 0.269. The van der Waals surface area contributed by atoms with Gasteiger partial charge in [-0.15, -0.1) is 0 Å². The van der Waals surface area contributed by atoms with Crippen LogP contribution in [0.5, 0.6) is 5.75 Å². The summed E-state index contributed by atoms with van der Waals surface area (Å²) in [4.78, 5) is 19.7. The standard InChI is InChI=1S/C26H26N2O5/c1-17(32-15-14-22(29)30)8-13-21-24-23(18-9-11-20(31-2)12-10-18)25(19-6-4-3-5-7-19)33-26(24)28-16-27-21/h3-7,9-12,16-17H,8,13-15H2,1-2H3,(H,29,30)/t17-/m0/s1. The highest BCUT2D eigenvalue weighted by Crippen LogP contribution is 2.41. The van der Waals surface area contributed by atoms with Crippen LogP contribution in [-0.4, -0.2) is 40.9 Å². The van der Waals surface area contributed by atoms with Crippen LogP contribution >= 0.6 is 0 Å². The summed E-state index contributed by atoms with van der Waals surface area (Å²) in [6, 6.07) is 17.8. The molecular formula is C26H26N2O5. The number of carboxylic acids is 1. The van der Waals surface area contributed by atoms with Crippen molar-refractivity contribution in [2.75, 3.05) is 13.7 Å². The van der Waals surface area contributed by atoms with Gasteiger partial charge in [0.25, 0.3) is 0 Å². The maximum atomic E-state index is 10.7. The van der Waals surface area contributed by atoms with E-state index in [9.17, 15) is 4.79 Å². The molecule has 33 heavy (non-hydrogen) atoms. The molecule has 170 valence electrons. The molecule has 7 nitrogen and oxygen atoms in total. The number of ether oxygens (including phenoxy) is 2. The Balaban J connectivity index is 1.73. The predicted molar refractivity (Wildman–Crippen MR) is 125 cm³/mol. The number of methoxy groups -OCH3 is 1. The number of nitrogens with zero attached hydrogens (tertiary/aromatic N) is 2. The van der Waals surface area contributed by atoms with Crippen LogP contribution in [0.1, 0.15) is 25.5 Å². The number of fused-ring (bicyclic) bond motifs is 1. The van der Waals surface area contributed by atoms with E-state index in [0.29, 0.717) is 18.6 Å². The second kappa shape index (κ2) is 10.3. The van der Waals surface area contributed by atoms with Crippen molar-refractivity contribution >= 4 is 17.1 Å². The summed E-state index contributed by atoms with van der Waals surface area (Å²) in [5.74, 6) is 0.649. The van der Waals surface area contributed by atoms with E-state index < -0.39 is 5.97 Å². The van der Waals surface area contributed by atoms with Crippen LogP contribution in [0.3, 0.4) is 0 Å². The minimum atomic E-state index is -0.865. The van der Waals surface area contributed by atoms with Crippen LogP contribution in [0, 0.1) is 0 Å². The smallest absolute Gasteiger partial charge is 0.305 e. The fourth-order valence-corrected chi connectivity index (χ4v) is 3.78. The molecule has 0 aliphatic rings. The number of hydrogen-bond donors (Lipinski definition) is 1. The zero-order valence-corrected chi connectivity index (χ0v) is 18.7. The molecule has 1 atom stereocenters. The summed E-state index contributed by atoms with van der Waals surface area (Å²) in [6.45, 7) is 2.13. The second-order valence-electron chi connectivity index (χ2n) is 7.77. The molecule has 4 rings (SSSR count). The number of carbonyl (C=O) groups is 1. The van der Waals surface area contributed by atoms with E-state index in [1.165, 1.54) is 6.33 Å². The van der Waals surface area contributed by atoms with E-state index in [0.717, 1.165) is 39.3 Å². The lowest BCUT2D eigenvalue weighted by Gasteiger charge is -2.12. The summed E-state index contributed by atoms with van der Waals surface area (Å²) in [7, 11) is 1.64. The molecule has 0 aliphatic carbocycles. The number of aryl methyl sites for hydroxylation is 1. The lowest BCUT2D eigenvalue weighted by atomic mass is 9.97. The Morgan fingerprint density at radius 1 is 1.06 bits per heavy atom. The van der Waals surface area contributed by atoms with Gasteiger partial charge in [0, 0.05) is 11.1 Å². The zero-order chi connectivity index (χ0) is 23.2. The number of aliphatic carboxylic acids is 1. The van der Waals surface area contributed by atoms with Gasteiger partial charge in [-0.3, -0.25) is 4.79 Å².